The van der Waals surface area contributed by atoms with Gasteiger partial charge in [-0.15, -0.1) is 0 Å². The molecular formula is C23H22F3N5O4S. The topological polar surface area (TPSA) is 106 Å². The molecule has 2 aliphatic rings. The maximum absolute atomic E-state index is 13.3. The summed E-state index contributed by atoms with van der Waals surface area (Å²) in [5, 5.41) is 9.95. The van der Waals surface area contributed by atoms with E-state index in [1.165, 1.54) is 4.31 Å². The van der Waals surface area contributed by atoms with Gasteiger partial charge >= 0.3 is 6.09 Å². The number of hydrogen-bond donors (Lipinski definition) is 2. The van der Waals surface area contributed by atoms with Gasteiger partial charge in [-0.2, -0.15) is 5.10 Å². The maximum Gasteiger partial charge on any atom is 0.417 e. The molecule has 0 unspecified atom stereocenters. The van der Waals surface area contributed by atoms with E-state index in [-0.39, 0.29) is 29.3 Å². The van der Waals surface area contributed by atoms with Crippen molar-refractivity contribution in [2.75, 3.05) is 15.4 Å². The van der Waals surface area contributed by atoms with Gasteiger partial charge in [0.05, 0.1) is 41.6 Å². The Labute approximate surface area is 204 Å². The molecule has 3 heterocycles. The molecule has 1 amide bonds. The van der Waals surface area contributed by atoms with Gasteiger partial charge in [0.2, 0.25) is 10.0 Å². The first-order valence-electron chi connectivity index (χ1n) is 11.1. The van der Waals surface area contributed by atoms with Crippen LogP contribution < -0.4 is 19.7 Å². The molecule has 2 aromatic carbocycles. The highest BCUT2D eigenvalue weighted by molar-refractivity contribution is 7.94. The molecule has 3 aromatic rings. The van der Waals surface area contributed by atoms with Crippen molar-refractivity contribution in [2.45, 2.75) is 38.5 Å². The predicted molar refractivity (Wildman–Crippen MR) is 125 cm³/mol. The van der Waals surface area contributed by atoms with E-state index in [1.807, 2.05) is 11.6 Å². The normalized spacial score (nSPS) is 20.4. The molecular weight excluding hydrogens is 499 g/mol. The quantitative estimate of drug-likeness (QED) is 0.500. The maximum atomic E-state index is 13.3. The number of carbonyl (C=O) groups excluding carboxylic acids is 1. The Bertz CT molecular complexity index is 1400. The standard InChI is InChI=1S/C23H22F3N5O4S/c1-13-12-36(33,34)31(13)21-10-28-30-11-16(27-9-20(21)30)6-14-2-4-17(5-3-14)35-23(32)29-15-7-18(24)22(26)19(25)8-15/h2-5,7-8,10,13,16,27H,6,9,11-12H2,1H3,(H,29,32)/t13-,16-/m0/s1. The molecule has 5 rings (SSSR count). The average molecular weight is 522 g/mol. The Morgan fingerprint density at radius 3 is 2.53 bits per heavy atom. The van der Waals surface area contributed by atoms with Crippen molar-refractivity contribution in [3.05, 3.63) is 71.3 Å². The zero-order chi connectivity index (χ0) is 25.6. The number of hydrogen-bond acceptors (Lipinski definition) is 6. The zero-order valence-corrected chi connectivity index (χ0v) is 19.9. The average Bonchev–Trinajstić information content (AvgIpc) is 3.20. The summed E-state index contributed by atoms with van der Waals surface area (Å²) in [6, 6.07) is 7.98. The fourth-order valence-electron chi connectivity index (χ4n) is 4.46. The van der Waals surface area contributed by atoms with E-state index in [2.05, 4.69) is 15.7 Å². The highest BCUT2D eigenvalue weighted by Crippen LogP contribution is 2.33. The lowest BCUT2D eigenvalue weighted by molar-refractivity contribution is 0.215. The fourth-order valence-corrected chi connectivity index (χ4v) is 6.20. The summed E-state index contributed by atoms with van der Waals surface area (Å²) in [6.45, 7) is 2.90. The smallest absolute Gasteiger partial charge is 0.410 e. The van der Waals surface area contributed by atoms with Gasteiger partial charge in [-0.25, -0.2) is 26.4 Å². The summed E-state index contributed by atoms with van der Waals surface area (Å²) in [6.07, 6.45) is 1.26. The van der Waals surface area contributed by atoms with Gasteiger partial charge in [0.25, 0.3) is 0 Å². The van der Waals surface area contributed by atoms with Crippen LogP contribution in [0.3, 0.4) is 0 Å². The lowest BCUT2D eigenvalue weighted by atomic mass is 10.0. The first-order chi connectivity index (χ1) is 17.1. The second kappa shape index (κ2) is 9.13. The minimum Gasteiger partial charge on any atom is -0.410 e. The molecule has 2 aliphatic heterocycles. The fraction of sp³-hybridized carbons (Fsp3) is 0.304. The number of anilines is 2. The highest BCUT2D eigenvalue weighted by Gasteiger charge is 2.42. The summed E-state index contributed by atoms with van der Waals surface area (Å²) in [5.74, 6) is -4.13. The van der Waals surface area contributed by atoms with Crippen LogP contribution in [0, 0.1) is 17.5 Å². The minimum absolute atomic E-state index is 0.0500. The Kier molecular flexibility index (Phi) is 6.12. The predicted octanol–water partition coefficient (Wildman–Crippen LogP) is 3.16. The third-order valence-corrected chi connectivity index (χ3v) is 8.17. The van der Waals surface area contributed by atoms with Crippen LogP contribution >= 0.6 is 0 Å². The second-order valence-electron chi connectivity index (χ2n) is 8.78. The van der Waals surface area contributed by atoms with Gasteiger partial charge in [-0.1, -0.05) is 12.1 Å². The monoisotopic (exact) mass is 521 g/mol. The number of fused-ring (bicyclic) bond motifs is 1. The number of ether oxygens (including phenoxy) is 1. The Hall–Kier alpha value is -3.58. The van der Waals surface area contributed by atoms with Crippen molar-refractivity contribution >= 4 is 27.5 Å². The summed E-state index contributed by atoms with van der Waals surface area (Å²) < 4.78 is 72.2. The first kappa shape index (κ1) is 24.1. The van der Waals surface area contributed by atoms with Crippen molar-refractivity contribution in [1.29, 1.82) is 0 Å². The number of nitrogens with one attached hydrogen (secondary N) is 2. The van der Waals surface area contributed by atoms with Crippen LogP contribution in [-0.2, 0) is 29.5 Å². The summed E-state index contributed by atoms with van der Waals surface area (Å²) in [5.41, 5.74) is 2.12. The van der Waals surface area contributed by atoms with Crippen molar-refractivity contribution < 1.29 is 31.1 Å². The van der Waals surface area contributed by atoms with E-state index in [4.69, 9.17) is 4.74 Å². The minimum atomic E-state index is -3.26. The lowest BCUT2D eigenvalue weighted by Crippen LogP contribution is -2.55. The van der Waals surface area contributed by atoms with Crippen LogP contribution in [0.25, 0.3) is 0 Å². The number of rotatable bonds is 5. The van der Waals surface area contributed by atoms with Crippen LogP contribution in [0.1, 0.15) is 18.2 Å². The van der Waals surface area contributed by atoms with E-state index < -0.39 is 33.6 Å². The third-order valence-electron chi connectivity index (χ3n) is 6.11. The van der Waals surface area contributed by atoms with Crippen molar-refractivity contribution in [1.82, 2.24) is 15.1 Å². The third kappa shape index (κ3) is 4.63. The number of carbonyl (C=O) groups is 1. The number of sulfonamides is 1. The van der Waals surface area contributed by atoms with Crippen molar-refractivity contribution in [3.63, 3.8) is 0 Å². The summed E-state index contributed by atoms with van der Waals surface area (Å²) in [7, 11) is -3.26. The molecule has 0 bridgehead atoms. The number of benzene rings is 2. The molecule has 1 aromatic heterocycles. The number of aromatic nitrogens is 2. The van der Waals surface area contributed by atoms with Gasteiger partial charge < -0.3 is 10.1 Å². The molecule has 0 radical (unpaired) electrons. The molecule has 2 N–H and O–H groups in total. The van der Waals surface area contributed by atoms with E-state index >= 15 is 0 Å². The molecule has 36 heavy (non-hydrogen) atoms. The summed E-state index contributed by atoms with van der Waals surface area (Å²) in [4.78, 5) is 12.0. The molecule has 2 atom stereocenters. The Morgan fingerprint density at radius 2 is 1.89 bits per heavy atom. The van der Waals surface area contributed by atoms with Gasteiger partial charge in [-0.05, 0) is 31.0 Å². The van der Waals surface area contributed by atoms with Gasteiger partial charge in [0.15, 0.2) is 17.5 Å². The molecule has 0 spiro atoms. The van der Waals surface area contributed by atoms with Gasteiger partial charge in [0, 0.05) is 24.7 Å². The van der Waals surface area contributed by atoms with Crippen molar-refractivity contribution in [2.24, 2.45) is 0 Å². The SMILES string of the molecule is C[C@H]1CS(=O)(=O)N1c1cnn2c1CN[C@@H](Cc1ccc(OC(=O)Nc3cc(F)c(F)c(F)c3)cc1)C2. The summed E-state index contributed by atoms with van der Waals surface area (Å²) >= 11 is 0. The van der Waals surface area contributed by atoms with E-state index in [1.54, 1.807) is 30.5 Å². The molecule has 190 valence electrons. The van der Waals surface area contributed by atoms with E-state index in [0.29, 0.717) is 37.3 Å². The largest absolute Gasteiger partial charge is 0.417 e. The van der Waals surface area contributed by atoms with Crippen LogP contribution in [0.5, 0.6) is 5.75 Å². The number of halogens is 3. The number of amides is 1. The van der Waals surface area contributed by atoms with Gasteiger partial charge in [-0.3, -0.25) is 14.3 Å². The van der Waals surface area contributed by atoms with E-state index in [9.17, 15) is 26.4 Å². The molecule has 1 fully saturated rings. The van der Waals surface area contributed by atoms with Crippen LogP contribution in [0.15, 0.2) is 42.6 Å². The molecule has 13 heteroatoms. The molecule has 0 aliphatic carbocycles. The van der Waals surface area contributed by atoms with Crippen LogP contribution in [0.4, 0.5) is 29.3 Å². The Balaban J connectivity index is 1.17. The van der Waals surface area contributed by atoms with Crippen molar-refractivity contribution in [3.8, 4) is 5.75 Å². The van der Waals surface area contributed by atoms with Gasteiger partial charge in [0.1, 0.15) is 5.75 Å². The molecule has 1 saturated heterocycles. The lowest BCUT2D eigenvalue weighted by Gasteiger charge is -2.39. The second-order valence-corrected chi connectivity index (χ2v) is 10.7. The van der Waals surface area contributed by atoms with Crippen LogP contribution in [0.2, 0.25) is 0 Å². The zero-order valence-electron chi connectivity index (χ0n) is 19.0. The van der Waals surface area contributed by atoms with E-state index in [0.717, 1.165) is 11.3 Å². The highest BCUT2D eigenvalue weighted by atomic mass is 32.2. The Morgan fingerprint density at radius 1 is 1.19 bits per heavy atom. The van der Waals surface area contributed by atoms with Crippen LogP contribution in [-0.4, -0.2) is 42.1 Å². The molecule has 0 saturated carbocycles. The molecule has 9 nitrogen and oxygen atoms in total. The number of nitrogens with zero attached hydrogens (tertiary/aromatic N) is 3. The first-order valence-corrected chi connectivity index (χ1v) is 12.7.